The first-order chi connectivity index (χ1) is 7.52. The van der Waals surface area contributed by atoms with Crippen molar-refractivity contribution in [1.29, 1.82) is 0 Å². The van der Waals surface area contributed by atoms with Crippen molar-refractivity contribution in [2.75, 3.05) is 0 Å². The van der Waals surface area contributed by atoms with Crippen LogP contribution in [0.25, 0.3) is 0 Å². The summed E-state index contributed by atoms with van der Waals surface area (Å²) in [5.41, 5.74) is 0.430. The SMILES string of the molecule is CC1(C)CCCCC1C(Br)c1sccc1Cl. The maximum absolute atomic E-state index is 6.23. The number of thiophene rings is 1. The summed E-state index contributed by atoms with van der Waals surface area (Å²) in [5, 5.41) is 3.01. The van der Waals surface area contributed by atoms with Crippen LogP contribution >= 0.6 is 38.9 Å². The molecule has 0 bridgehead atoms. The molecule has 0 amide bonds. The molecule has 0 saturated heterocycles. The van der Waals surface area contributed by atoms with Crippen LogP contribution in [0.4, 0.5) is 0 Å². The van der Waals surface area contributed by atoms with Gasteiger partial charge in [-0.2, -0.15) is 0 Å². The topological polar surface area (TPSA) is 0 Å². The summed E-state index contributed by atoms with van der Waals surface area (Å²) in [5.74, 6) is 0.706. The highest BCUT2D eigenvalue weighted by Crippen LogP contribution is 2.52. The second-order valence-electron chi connectivity index (χ2n) is 5.38. The number of rotatable bonds is 2. The predicted octanol–water partition coefficient (Wildman–Crippen LogP) is 6.05. The molecule has 3 heteroatoms. The number of alkyl halides is 1. The van der Waals surface area contributed by atoms with Gasteiger partial charge in [-0.1, -0.05) is 54.2 Å². The van der Waals surface area contributed by atoms with Crippen LogP contribution in [0.2, 0.25) is 5.02 Å². The van der Waals surface area contributed by atoms with Crippen LogP contribution in [0.3, 0.4) is 0 Å². The zero-order valence-corrected chi connectivity index (χ0v) is 13.0. The van der Waals surface area contributed by atoms with E-state index in [0.29, 0.717) is 16.2 Å². The molecule has 16 heavy (non-hydrogen) atoms. The molecular weight excluding hydrogens is 304 g/mol. The monoisotopic (exact) mass is 320 g/mol. The minimum atomic E-state index is 0.426. The minimum Gasteiger partial charge on any atom is -0.146 e. The second-order valence-corrected chi connectivity index (χ2v) is 7.72. The van der Waals surface area contributed by atoms with Crippen LogP contribution in [0, 0.1) is 11.3 Å². The van der Waals surface area contributed by atoms with E-state index in [1.54, 1.807) is 11.3 Å². The van der Waals surface area contributed by atoms with Crippen LogP contribution in [-0.4, -0.2) is 0 Å². The maximum atomic E-state index is 6.23. The average Bonchev–Trinajstić information content (AvgIpc) is 2.63. The van der Waals surface area contributed by atoms with Gasteiger partial charge in [-0.15, -0.1) is 11.3 Å². The Labute approximate surface area is 116 Å². The van der Waals surface area contributed by atoms with Gasteiger partial charge in [-0.25, -0.2) is 0 Å². The molecule has 1 saturated carbocycles. The molecule has 0 nitrogen and oxygen atoms in total. The molecule has 1 aliphatic rings. The van der Waals surface area contributed by atoms with E-state index in [1.807, 2.05) is 6.07 Å². The Hall–Kier alpha value is 0.470. The molecule has 1 aromatic heterocycles. The van der Waals surface area contributed by atoms with Crippen molar-refractivity contribution in [3.05, 3.63) is 21.3 Å². The molecule has 0 aliphatic heterocycles. The standard InChI is InChI=1S/C13H18BrClS/c1-13(2)7-4-3-5-9(13)11(14)12-10(15)6-8-16-12/h6,8-9,11H,3-5,7H2,1-2H3. The third-order valence-electron chi connectivity index (χ3n) is 3.84. The molecule has 0 N–H and O–H groups in total. The first-order valence-electron chi connectivity index (χ1n) is 5.89. The van der Waals surface area contributed by atoms with Gasteiger partial charge < -0.3 is 0 Å². The molecule has 2 rings (SSSR count). The average molecular weight is 322 g/mol. The van der Waals surface area contributed by atoms with Crippen LogP contribution in [-0.2, 0) is 0 Å². The molecule has 2 unspecified atom stereocenters. The zero-order valence-electron chi connectivity index (χ0n) is 9.80. The zero-order chi connectivity index (χ0) is 11.8. The Morgan fingerprint density at radius 2 is 2.25 bits per heavy atom. The Morgan fingerprint density at radius 3 is 2.81 bits per heavy atom. The third-order valence-corrected chi connectivity index (χ3v) is 6.68. The van der Waals surface area contributed by atoms with Gasteiger partial charge in [-0.3, -0.25) is 0 Å². The van der Waals surface area contributed by atoms with Crippen molar-refractivity contribution in [1.82, 2.24) is 0 Å². The summed E-state index contributed by atoms with van der Waals surface area (Å²) >= 11 is 11.9. The van der Waals surface area contributed by atoms with E-state index in [1.165, 1.54) is 30.6 Å². The van der Waals surface area contributed by atoms with Gasteiger partial charge in [-0.05, 0) is 35.6 Å². The molecule has 1 fully saturated rings. The summed E-state index contributed by atoms with van der Waals surface area (Å²) in [6.45, 7) is 4.79. The van der Waals surface area contributed by atoms with Crippen molar-refractivity contribution in [3.63, 3.8) is 0 Å². The molecule has 1 aromatic rings. The Morgan fingerprint density at radius 1 is 1.50 bits per heavy atom. The first-order valence-corrected chi connectivity index (χ1v) is 8.06. The van der Waals surface area contributed by atoms with Gasteiger partial charge in [0.1, 0.15) is 0 Å². The van der Waals surface area contributed by atoms with Gasteiger partial charge in [0.15, 0.2) is 0 Å². The van der Waals surface area contributed by atoms with Gasteiger partial charge >= 0.3 is 0 Å². The molecule has 1 heterocycles. The fourth-order valence-electron chi connectivity index (χ4n) is 2.75. The number of halogens is 2. The van der Waals surface area contributed by atoms with E-state index >= 15 is 0 Å². The van der Waals surface area contributed by atoms with Crippen molar-refractivity contribution in [2.45, 2.75) is 44.4 Å². The smallest absolute Gasteiger partial charge is 0.0556 e. The first kappa shape index (κ1) is 12.9. The lowest BCUT2D eigenvalue weighted by atomic mass is 9.67. The molecule has 0 radical (unpaired) electrons. The quantitative estimate of drug-likeness (QED) is 0.581. The van der Waals surface area contributed by atoms with E-state index < -0.39 is 0 Å². The highest BCUT2D eigenvalue weighted by atomic mass is 79.9. The fourth-order valence-corrected chi connectivity index (χ4v) is 5.64. The Bertz CT molecular complexity index is 359. The van der Waals surface area contributed by atoms with Crippen LogP contribution in [0.15, 0.2) is 11.4 Å². The molecule has 90 valence electrons. The lowest BCUT2D eigenvalue weighted by Gasteiger charge is -2.41. The largest absolute Gasteiger partial charge is 0.146 e. The van der Waals surface area contributed by atoms with Gasteiger partial charge in [0, 0.05) is 4.88 Å². The molecule has 0 spiro atoms. The molecular formula is C13H18BrClS. The van der Waals surface area contributed by atoms with E-state index in [2.05, 4.69) is 35.2 Å². The summed E-state index contributed by atoms with van der Waals surface area (Å²) in [6.07, 6.45) is 5.39. The van der Waals surface area contributed by atoms with E-state index in [4.69, 9.17) is 11.6 Å². The summed E-state index contributed by atoms with van der Waals surface area (Å²) in [7, 11) is 0. The van der Waals surface area contributed by atoms with Gasteiger partial charge in [0.2, 0.25) is 0 Å². The van der Waals surface area contributed by atoms with E-state index in [0.717, 1.165) is 5.02 Å². The summed E-state index contributed by atoms with van der Waals surface area (Å²) in [6, 6.07) is 2.01. The van der Waals surface area contributed by atoms with Gasteiger partial charge in [0.25, 0.3) is 0 Å². The van der Waals surface area contributed by atoms with E-state index in [-0.39, 0.29) is 0 Å². The van der Waals surface area contributed by atoms with Crippen LogP contribution in [0.1, 0.15) is 49.2 Å². The maximum Gasteiger partial charge on any atom is 0.0556 e. The van der Waals surface area contributed by atoms with Gasteiger partial charge in [0.05, 0.1) is 9.85 Å². The fraction of sp³-hybridized carbons (Fsp3) is 0.692. The summed E-state index contributed by atoms with van der Waals surface area (Å²) in [4.78, 5) is 1.73. The Balaban J connectivity index is 2.20. The van der Waals surface area contributed by atoms with Crippen molar-refractivity contribution in [2.24, 2.45) is 11.3 Å². The highest BCUT2D eigenvalue weighted by molar-refractivity contribution is 9.09. The predicted molar refractivity (Wildman–Crippen MR) is 76.7 cm³/mol. The highest BCUT2D eigenvalue weighted by Gasteiger charge is 2.38. The third kappa shape index (κ3) is 2.49. The number of hydrogen-bond acceptors (Lipinski definition) is 1. The summed E-state index contributed by atoms with van der Waals surface area (Å²) < 4.78 is 0. The molecule has 1 aliphatic carbocycles. The van der Waals surface area contributed by atoms with Crippen LogP contribution in [0.5, 0.6) is 0 Å². The van der Waals surface area contributed by atoms with Crippen molar-refractivity contribution >= 4 is 38.9 Å². The van der Waals surface area contributed by atoms with Crippen LogP contribution < -0.4 is 0 Å². The second kappa shape index (κ2) is 4.99. The van der Waals surface area contributed by atoms with Crippen molar-refractivity contribution < 1.29 is 0 Å². The normalized spacial score (nSPS) is 26.6. The minimum absolute atomic E-state index is 0.426. The molecule has 2 atom stereocenters. The lowest BCUT2D eigenvalue weighted by molar-refractivity contribution is 0.137. The number of hydrogen-bond donors (Lipinski definition) is 0. The van der Waals surface area contributed by atoms with Crippen molar-refractivity contribution in [3.8, 4) is 0 Å². The Kier molecular flexibility index (Phi) is 4.03. The lowest BCUT2D eigenvalue weighted by Crippen LogP contribution is -2.30. The molecule has 0 aromatic carbocycles. The van der Waals surface area contributed by atoms with E-state index in [9.17, 15) is 0 Å².